The molecular formula is C20H30O3. The zero-order valence-electron chi connectivity index (χ0n) is 14.6. The summed E-state index contributed by atoms with van der Waals surface area (Å²) in [4.78, 5) is 11.9. The Labute approximate surface area is 139 Å². The summed E-state index contributed by atoms with van der Waals surface area (Å²) in [5.74, 6) is 1.71. The summed E-state index contributed by atoms with van der Waals surface area (Å²) in [6.45, 7) is 6.56. The summed E-state index contributed by atoms with van der Waals surface area (Å²) in [6.07, 6.45) is 7.70. The third-order valence-electron chi connectivity index (χ3n) is 8.54. The summed E-state index contributed by atoms with van der Waals surface area (Å²) in [5, 5.41) is 21.7. The molecule has 0 aromatic heterocycles. The van der Waals surface area contributed by atoms with Crippen LogP contribution in [0, 0.1) is 28.6 Å². The highest BCUT2D eigenvalue weighted by Gasteiger charge is 2.63. The van der Waals surface area contributed by atoms with Gasteiger partial charge in [-0.3, -0.25) is 4.79 Å². The van der Waals surface area contributed by atoms with Crippen LogP contribution in [0.5, 0.6) is 0 Å². The molecule has 0 amide bonds. The lowest BCUT2D eigenvalue weighted by Gasteiger charge is -2.59. The van der Waals surface area contributed by atoms with Gasteiger partial charge < -0.3 is 10.2 Å². The van der Waals surface area contributed by atoms with Crippen molar-refractivity contribution in [3.05, 3.63) is 11.6 Å². The molecule has 0 aliphatic heterocycles. The van der Waals surface area contributed by atoms with E-state index >= 15 is 0 Å². The fourth-order valence-corrected chi connectivity index (χ4v) is 6.85. The minimum Gasteiger partial charge on any atom is -0.390 e. The Bertz CT molecular complexity index is 577. The molecule has 7 atom stereocenters. The Hall–Kier alpha value is -0.670. The molecule has 128 valence electrons. The minimum atomic E-state index is -0.576. The Morgan fingerprint density at radius 1 is 1.09 bits per heavy atom. The molecule has 3 fully saturated rings. The average Bonchev–Trinajstić information content (AvgIpc) is 2.72. The van der Waals surface area contributed by atoms with Gasteiger partial charge in [-0.25, -0.2) is 0 Å². The van der Waals surface area contributed by atoms with E-state index in [-0.39, 0.29) is 16.6 Å². The molecule has 3 heteroatoms. The standard InChI is InChI=1S/C20H30O3/c1-18-7-4-12(21)10-16(18)17(22)11-13-14(18)5-8-19(2)15(13)6-9-20(19,3)23/h10,13-15,17,22-23H,4-9,11H2,1-3H3/t13-,14+,15-,17-,18-,19-,20+/m1/s1. The third-order valence-corrected chi connectivity index (χ3v) is 8.54. The predicted octanol–water partition coefficient (Wildman–Crippen LogP) is 3.24. The molecule has 0 saturated heterocycles. The highest BCUT2D eigenvalue weighted by Crippen LogP contribution is 2.67. The van der Waals surface area contributed by atoms with Crippen LogP contribution in [0.25, 0.3) is 0 Å². The summed E-state index contributed by atoms with van der Waals surface area (Å²) in [7, 11) is 0. The van der Waals surface area contributed by atoms with Crippen molar-refractivity contribution >= 4 is 5.78 Å². The predicted molar refractivity (Wildman–Crippen MR) is 88.7 cm³/mol. The molecule has 0 aromatic carbocycles. The van der Waals surface area contributed by atoms with Crippen molar-refractivity contribution in [3.63, 3.8) is 0 Å². The van der Waals surface area contributed by atoms with Gasteiger partial charge in [-0.2, -0.15) is 0 Å². The van der Waals surface area contributed by atoms with Crippen LogP contribution in [-0.2, 0) is 4.79 Å². The highest BCUT2D eigenvalue weighted by atomic mass is 16.3. The van der Waals surface area contributed by atoms with Gasteiger partial charge >= 0.3 is 0 Å². The maximum Gasteiger partial charge on any atom is 0.155 e. The maximum atomic E-state index is 11.9. The first kappa shape index (κ1) is 15.8. The third kappa shape index (κ3) is 1.93. The van der Waals surface area contributed by atoms with Crippen LogP contribution in [0.1, 0.15) is 65.7 Å². The number of hydrogen-bond acceptors (Lipinski definition) is 3. The van der Waals surface area contributed by atoms with E-state index in [9.17, 15) is 15.0 Å². The fraction of sp³-hybridized carbons (Fsp3) is 0.850. The maximum absolute atomic E-state index is 11.9. The highest BCUT2D eigenvalue weighted by molar-refractivity contribution is 5.91. The SMILES string of the molecule is C[C@]12CCC(=O)C=C1[C@H](O)C[C@H]1[C@H]3CC[C@](C)(O)[C@]3(C)CC[C@@H]12. The lowest BCUT2D eigenvalue weighted by molar-refractivity contribution is -0.132. The Kier molecular flexibility index (Phi) is 3.23. The molecule has 0 heterocycles. The van der Waals surface area contributed by atoms with Crippen molar-refractivity contribution in [1.82, 2.24) is 0 Å². The molecule has 4 rings (SSSR count). The number of aliphatic hydroxyl groups is 2. The van der Waals surface area contributed by atoms with E-state index in [1.807, 2.05) is 6.92 Å². The van der Waals surface area contributed by atoms with Crippen LogP contribution < -0.4 is 0 Å². The van der Waals surface area contributed by atoms with Gasteiger partial charge in [0.05, 0.1) is 11.7 Å². The fourth-order valence-electron chi connectivity index (χ4n) is 6.85. The van der Waals surface area contributed by atoms with Crippen molar-refractivity contribution in [2.75, 3.05) is 0 Å². The zero-order chi connectivity index (χ0) is 16.6. The number of carbonyl (C=O) groups is 1. The van der Waals surface area contributed by atoms with Crippen molar-refractivity contribution in [3.8, 4) is 0 Å². The number of ketones is 1. The topological polar surface area (TPSA) is 57.5 Å². The number of hydrogen-bond donors (Lipinski definition) is 2. The molecule has 3 saturated carbocycles. The molecule has 0 radical (unpaired) electrons. The van der Waals surface area contributed by atoms with Gasteiger partial charge in [0.2, 0.25) is 0 Å². The molecule has 0 aromatic rings. The van der Waals surface area contributed by atoms with E-state index in [1.54, 1.807) is 6.08 Å². The number of aliphatic hydroxyl groups excluding tert-OH is 1. The second kappa shape index (κ2) is 4.70. The van der Waals surface area contributed by atoms with Crippen molar-refractivity contribution in [2.45, 2.75) is 77.4 Å². The summed E-state index contributed by atoms with van der Waals surface area (Å²) >= 11 is 0. The van der Waals surface area contributed by atoms with Crippen LogP contribution in [0.4, 0.5) is 0 Å². The summed E-state index contributed by atoms with van der Waals surface area (Å²) in [5.41, 5.74) is 0.387. The van der Waals surface area contributed by atoms with Gasteiger partial charge in [0.25, 0.3) is 0 Å². The quantitative estimate of drug-likeness (QED) is 0.721. The minimum absolute atomic E-state index is 0.0179. The average molecular weight is 318 g/mol. The molecule has 2 N–H and O–H groups in total. The summed E-state index contributed by atoms with van der Waals surface area (Å²) in [6, 6.07) is 0. The van der Waals surface area contributed by atoms with Crippen LogP contribution >= 0.6 is 0 Å². The first-order valence-corrected chi connectivity index (χ1v) is 9.34. The second-order valence-corrected chi connectivity index (χ2v) is 9.38. The van der Waals surface area contributed by atoms with E-state index in [0.29, 0.717) is 24.2 Å². The van der Waals surface area contributed by atoms with E-state index in [0.717, 1.165) is 44.1 Å². The van der Waals surface area contributed by atoms with E-state index < -0.39 is 11.7 Å². The Morgan fingerprint density at radius 2 is 1.78 bits per heavy atom. The van der Waals surface area contributed by atoms with Crippen LogP contribution in [0.3, 0.4) is 0 Å². The number of carbonyl (C=O) groups excluding carboxylic acids is 1. The normalized spacial score (nSPS) is 55.7. The van der Waals surface area contributed by atoms with Crippen molar-refractivity contribution in [2.24, 2.45) is 28.6 Å². The monoisotopic (exact) mass is 318 g/mol. The van der Waals surface area contributed by atoms with E-state index in [1.165, 1.54) is 0 Å². The van der Waals surface area contributed by atoms with Crippen LogP contribution in [0.2, 0.25) is 0 Å². The van der Waals surface area contributed by atoms with Gasteiger partial charge in [0.15, 0.2) is 5.78 Å². The Balaban J connectivity index is 1.74. The molecule has 0 bridgehead atoms. The number of fused-ring (bicyclic) bond motifs is 5. The zero-order valence-corrected chi connectivity index (χ0v) is 14.6. The van der Waals surface area contributed by atoms with Gasteiger partial charge in [0.1, 0.15) is 0 Å². The largest absolute Gasteiger partial charge is 0.390 e. The van der Waals surface area contributed by atoms with Gasteiger partial charge in [-0.15, -0.1) is 0 Å². The smallest absolute Gasteiger partial charge is 0.155 e. The van der Waals surface area contributed by atoms with Gasteiger partial charge in [0, 0.05) is 6.42 Å². The van der Waals surface area contributed by atoms with E-state index in [4.69, 9.17) is 0 Å². The lowest BCUT2D eigenvalue weighted by atomic mass is 9.46. The van der Waals surface area contributed by atoms with Gasteiger partial charge in [-0.05, 0) is 85.7 Å². The molecular weight excluding hydrogens is 288 g/mol. The van der Waals surface area contributed by atoms with Crippen molar-refractivity contribution in [1.29, 1.82) is 0 Å². The molecule has 3 nitrogen and oxygen atoms in total. The molecule has 23 heavy (non-hydrogen) atoms. The van der Waals surface area contributed by atoms with Crippen LogP contribution in [0.15, 0.2) is 11.6 Å². The van der Waals surface area contributed by atoms with Crippen LogP contribution in [-0.4, -0.2) is 27.7 Å². The first-order valence-electron chi connectivity index (χ1n) is 9.34. The number of rotatable bonds is 0. The molecule has 4 aliphatic carbocycles. The Morgan fingerprint density at radius 3 is 2.52 bits per heavy atom. The summed E-state index contributed by atoms with van der Waals surface area (Å²) < 4.78 is 0. The molecule has 0 spiro atoms. The van der Waals surface area contributed by atoms with E-state index in [2.05, 4.69) is 13.8 Å². The van der Waals surface area contributed by atoms with Gasteiger partial charge in [-0.1, -0.05) is 13.8 Å². The van der Waals surface area contributed by atoms with Crippen molar-refractivity contribution < 1.29 is 15.0 Å². The second-order valence-electron chi connectivity index (χ2n) is 9.38. The lowest BCUT2D eigenvalue weighted by Crippen LogP contribution is -2.56. The molecule has 4 aliphatic rings. The first-order chi connectivity index (χ1) is 10.7. The molecule has 0 unspecified atom stereocenters.